The molecule has 1 saturated heterocycles. The SMILES string of the molecule is CCCCOC(=O)NC1S[C@@H]2CC(=O)N2C(C(=O)O)=C1C[P+](c1ccccc1)(c1ccccc1)c1ccccc1. The summed E-state index contributed by atoms with van der Waals surface area (Å²) < 4.78 is 5.41. The minimum absolute atomic E-state index is 0.0361. The summed E-state index contributed by atoms with van der Waals surface area (Å²) in [6.45, 7) is 2.30. The second kappa shape index (κ2) is 12.3. The number of carboxylic acid groups (broad SMARTS) is 1. The maximum Gasteiger partial charge on any atom is 0.408 e. The Morgan fingerprint density at radius 2 is 1.48 bits per heavy atom. The number of alkyl carbamates (subject to hydrolysis) is 1. The largest absolute Gasteiger partial charge is 0.477 e. The van der Waals surface area contributed by atoms with Gasteiger partial charge in [-0.3, -0.25) is 9.69 Å². The number of thioether (sulfide) groups is 1. The molecule has 0 aliphatic carbocycles. The van der Waals surface area contributed by atoms with E-state index in [2.05, 4.69) is 41.7 Å². The van der Waals surface area contributed by atoms with Crippen LogP contribution in [0.4, 0.5) is 4.79 Å². The number of carbonyl (C=O) groups excluding carboxylic acids is 2. The first kappa shape index (κ1) is 27.9. The predicted molar refractivity (Wildman–Crippen MR) is 161 cm³/mol. The van der Waals surface area contributed by atoms with Gasteiger partial charge in [0.1, 0.15) is 34.2 Å². The fourth-order valence-corrected chi connectivity index (χ4v) is 11.2. The molecule has 3 aromatic carbocycles. The fraction of sp³-hybridized carbons (Fsp3) is 0.258. The van der Waals surface area contributed by atoms with Gasteiger partial charge in [-0.2, -0.15) is 0 Å². The maximum atomic E-state index is 12.9. The Bertz CT molecular complexity index is 1300. The number of ether oxygens (including phenoxy) is 1. The number of rotatable bonds is 10. The number of hydrogen-bond acceptors (Lipinski definition) is 5. The number of nitrogens with zero attached hydrogens (tertiary/aromatic N) is 1. The van der Waals surface area contributed by atoms with Gasteiger partial charge in [0.25, 0.3) is 0 Å². The van der Waals surface area contributed by atoms with Gasteiger partial charge in [0, 0.05) is 5.57 Å². The van der Waals surface area contributed by atoms with Gasteiger partial charge < -0.3 is 15.2 Å². The first-order valence-corrected chi connectivity index (χ1v) is 16.3. The summed E-state index contributed by atoms with van der Waals surface area (Å²) >= 11 is 1.40. The molecule has 2 aliphatic heterocycles. The van der Waals surface area contributed by atoms with Crippen molar-refractivity contribution in [2.75, 3.05) is 12.8 Å². The summed E-state index contributed by atoms with van der Waals surface area (Å²) in [7, 11) is -2.51. The summed E-state index contributed by atoms with van der Waals surface area (Å²) in [4.78, 5) is 39.8. The second-order valence-electron chi connectivity index (χ2n) is 9.73. The topological polar surface area (TPSA) is 95.9 Å². The maximum absolute atomic E-state index is 12.9. The number of unbranched alkanes of at least 4 members (excludes halogenated alkanes) is 1. The van der Waals surface area contributed by atoms with Crippen molar-refractivity contribution < 1.29 is 24.2 Å². The molecule has 0 spiro atoms. The molecule has 2 amide bonds. The number of amides is 2. The molecular formula is C31H32N2O5PS+. The summed E-state index contributed by atoms with van der Waals surface area (Å²) in [6.07, 6.45) is 1.60. The number of carbonyl (C=O) groups is 3. The second-order valence-corrected chi connectivity index (χ2v) is 14.5. The van der Waals surface area contributed by atoms with E-state index in [4.69, 9.17) is 4.74 Å². The summed E-state index contributed by atoms with van der Waals surface area (Å²) in [5.74, 6) is -1.40. The highest BCUT2D eigenvalue weighted by molar-refractivity contribution is 8.01. The van der Waals surface area contributed by atoms with Crippen molar-refractivity contribution in [1.29, 1.82) is 0 Å². The zero-order valence-electron chi connectivity index (χ0n) is 22.2. The van der Waals surface area contributed by atoms with Crippen molar-refractivity contribution in [3.8, 4) is 0 Å². The average molecular weight is 576 g/mol. The van der Waals surface area contributed by atoms with Gasteiger partial charge in [0.2, 0.25) is 5.91 Å². The molecule has 0 radical (unpaired) electrons. The molecule has 0 aromatic heterocycles. The number of hydrogen-bond donors (Lipinski definition) is 2. The Kier molecular flexibility index (Phi) is 8.57. The number of β-lactam (4-membered cyclic amide) rings is 1. The molecule has 0 bridgehead atoms. The van der Waals surface area contributed by atoms with Crippen molar-refractivity contribution in [2.24, 2.45) is 0 Å². The summed E-state index contributed by atoms with van der Waals surface area (Å²) in [6, 6.07) is 30.4. The van der Waals surface area contributed by atoms with E-state index in [0.29, 0.717) is 11.7 Å². The quantitative estimate of drug-likeness (QED) is 0.210. The molecule has 206 valence electrons. The number of carboxylic acids is 1. The highest BCUT2D eigenvalue weighted by Crippen LogP contribution is 2.59. The molecule has 40 heavy (non-hydrogen) atoms. The zero-order chi connectivity index (χ0) is 28.1. The van der Waals surface area contributed by atoms with Gasteiger partial charge in [-0.25, -0.2) is 9.59 Å². The van der Waals surface area contributed by atoms with E-state index in [0.717, 1.165) is 28.8 Å². The molecule has 7 nitrogen and oxygen atoms in total. The number of nitrogens with one attached hydrogen (secondary N) is 1. The van der Waals surface area contributed by atoms with Gasteiger partial charge in [0.05, 0.1) is 24.6 Å². The van der Waals surface area contributed by atoms with E-state index >= 15 is 0 Å². The number of fused-ring (bicyclic) bond motifs is 1. The normalized spacial score (nSPS) is 18.5. The molecule has 3 aromatic rings. The van der Waals surface area contributed by atoms with E-state index in [-0.39, 0.29) is 30.0 Å². The molecule has 0 saturated carbocycles. The molecule has 2 atom stereocenters. The third-order valence-corrected chi connectivity index (χ3v) is 13.0. The Morgan fingerprint density at radius 3 is 1.93 bits per heavy atom. The Balaban J connectivity index is 1.70. The third-order valence-electron chi connectivity index (χ3n) is 7.24. The zero-order valence-corrected chi connectivity index (χ0v) is 23.9. The van der Waals surface area contributed by atoms with E-state index in [1.807, 2.05) is 61.5 Å². The average Bonchev–Trinajstić information content (AvgIpc) is 2.97. The lowest BCUT2D eigenvalue weighted by Gasteiger charge is -2.47. The monoisotopic (exact) mass is 575 g/mol. The molecule has 9 heteroatoms. The molecule has 1 fully saturated rings. The van der Waals surface area contributed by atoms with Crippen LogP contribution in [0, 0.1) is 0 Å². The highest BCUT2D eigenvalue weighted by atomic mass is 32.2. The molecule has 2 aliphatic rings. The van der Waals surface area contributed by atoms with E-state index < -0.39 is 24.7 Å². The Morgan fingerprint density at radius 1 is 0.950 bits per heavy atom. The highest BCUT2D eigenvalue weighted by Gasteiger charge is 2.54. The van der Waals surface area contributed by atoms with Crippen LogP contribution in [0.25, 0.3) is 0 Å². The lowest BCUT2D eigenvalue weighted by atomic mass is 10.1. The van der Waals surface area contributed by atoms with Crippen molar-refractivity contribution >= 4 is 52.9 Å². The first-order chi connectivity index (χ1) is 19.5. The van der Waals surface area contributed by atoms with Gasteiger partial charge in [-0.15, -0.1) is 11.8 Å². The predicted octanol–water partition coefficient (Wildman–Crippen LogP) is 4.48. The van der Waals surface area contributed by atoms with Crippen LogP contribution < -0.4 is 21.2 Å². The van der Waals surface area contributed by atoms with Crippen LogP contribution in [0.5, 0.6) is 0 Å². The Labute approximate surface area is 238 Å². The minimum Gasteiger partial charge on any atom is -0.477 e. The lowest BCUT2D eigenvalue weighted by Crippen LogP contribution is -2.58. The molecule has 1 unspecified atom stereocenters. The number of aliphatic carboxylic acids is 1. The van der Waals surface area contributed by atoms with Gasteiger partial charge in [0.15, 0.2) is 0 Å². The smallest absolute Gasteiger partial charge is 0.408 e. The third kappa shape index (κ3) is 5.38. The standard InChI is InChI=1S/C31H31N2O5PS/c1-2-3-19-38-31(37)32-29-25(28(30(35)36)33-26(34)20-27(33)40-29)21-39(22-13-7-4-8-14-22,23-15-9-5-10-16-23)24-17-11-6-12-18-24/h4-18,27,29H,2-3,19-21H2,1H3,(H-,32,35,36,37)/p+1/t27-,29?/m1/s1. The van der Waals surface area contributed by atoms with Crippen LogP contribution >= 0.6 is 19.0 Å². The van der Waals surface area contributed by atoms with Crippen molar-refractivity contribution in [3.05, 3.63) is 102 Å². The molecule has 2 heterocycles. The van der Waals surface area contributed by atoms with Crippen LogP contribution in [0.2, 0.25) is 0 Å². The van der Waals surface area contributed by atoms with Gasteiger partial charge in [-0.05, 0) is 42.8 Å². The molecule has 5 rings (SSSR count). The Hall–Kier alpha value is -3.61. The summed E-state index contributed by atoms with van der Waals surface area (Å²) in [5.41, 5.74) is 0.477. The van der Waals surface area contributed by atoms with E-state index in [1.165, 1.54) is 16.7 Å². The molecular weight excluding hydrogens is 543 g/mol. The van der Waals surface area contributed by atoms with Crippen molar-refractivity contribution in [1.82, 2.24) is 10.2 Å². The number of benzene rings is 3. The molecule has 2 N–H and O–H groups in total. The van der Waals surface area contributed by atoms with Crippen molar-refractivity contribution in [3.63, 3.8) is 0 Å². The van der Waals surface area contributed by atoms with Crippen LogP contribution in [0.3, 0.4) is 0 Å². The summed E-state index contributed by atoms with van der Waals surface area (Å²) in [5, 5.41) is 15.7. The van der Waals surface area contributed by atoms with E-state index in [9.17, 15) is 19.5 Å². The van der Waals surface area contributed by atoms with Crippen LogP contribution in [0.1, 0.15) is 26.2 Å². The lowest BCUT2D eigenvalue weighted by molar-refractivity contribution is -0.146. The van der Waals surface area contributed by atoms with Crippen LogP contribution in [-0.4, -0.2) is 51.5 Å². The van der Waals surface area contributed by atoms with Gasteiger partial charge in [-0.1, -0.05) is 67.9 Å². The van der Waals surface area contributed by atoms with Crippen LogP contribution in [-0.2, 0) is 14.3 Å². The van der Waals surface area contributed by atoms with Crippen LogP contribution in [0.15, 0.2) is 102 Å². The fourth-order valence-electron chi connectivity index (χ4n) is 5.28. The minimum atomic E-state index is -2.51. The van der Waals surface area contributed by atoms with Gasteiger partial charge >= 0.3 is 12.1 Å². The first-order valence-electron chi connectivity index (χ1n) is 13.4. The van der Waals surface area contributed by atoms with Crippen molar-refractivity contribution in [2.45, 2.75) is 36.9 Å². The van der Waals surface area contributed by atoms with E-state index in [1.54, 1.807) is 0 Å².